The van der Waals surface area contributed by atoms with E-state index in [1.54, 1.807) is 6.07 Å². The molecule has 0 saturated heterocycles. The third-order valence-electron chi connectivity index (χ3n) is 1.95. The fourth-order valence-electron chi connectivity index (χ4n) is 1.07. The van der Waals surface area contributed by atoms with Crippen molar-refractivity contribution >= 4 is 17.5 Å². The third kappa shape index (κ3) is 3.07. The fourth-order valence-corrected chi connectivity index (χ4v) is 1.54. The maximum atomic E-state index is 11.6. The van der Waals surface area contributed by atoms with E-state index in [1.165, 1.54) is 12.5 Å². The number of furan rings is 1. The third-order valence-corrected chi connectivity index (χ3v) is 2.14. The summed E-state index contributed by atoms with van der Waals surface area (Å²) in [5.74, 6) is 0.396. The van der Waals surface area contributed by atoms with Gasteiger partial charge in [0.15, 0.2) is 0 Å². The van der Waals surface area contributed by atoms with Crippen LogP contribution < -0.4 is 5.32 Å². The molecule has 1 N–H and O–H groups in total. The Bertz CT molecular complexity index is 293. The Morgan fingerprint density at radius 2 is 2.36 bits per heavy atom. The van der Waals surface area contributed by atoms with E-state index in [1.807, 2.05) is 13.8 Å². The van der Waals surface area contributed by atoms with Crippen LogP contribution >= 0.6 is 11.6 Å². The Morgan fingerprint density at radius 3 is 2.86 bits per heavy atom. The minimum Gasteiger partial charge on any atom is -0.472 e. The molecule has 78 valence electrons. The zero-order chi connectivity index (χ0) is 10.6. The van der Waals surface area contributed by atoms with Gasteiger partial charge in [-0.1, -0.05) is 0 Å². The lowest BCUT2D eigenvalue weighted by molar-refractivity contribution is 0.0911. The van der Waals surface area contributed by atoms with Gasteiger partial charge >= 0.3 is 0 Å². The van der Waals surface area contributed by atoms with Crippen LogP contribution in [0.3, 0.4) is 0 Å². The van der Waals surface area contributed by atoms with Crippen molar-refractivity contribution in [3.05, 3.63) is 24.2 Å². The van der Waals surface area contributed by atoms with Crippen LogP contribution in [0.1, 0.15) is 30.6 Å². The fraction of sp³-hybridized carbons (Fsp3) is 0.500. The number of hydrogen-bond acceptors (Lipinski definition) is 2. The van der Waals surface area contributed by atoms with Crippen molar-refractivity contribution < 1.29 is 9.21 Å². The van der Waals surface area contributed by atoms with Crippen LogP contribution in [0.4, 0.5) is 0 Å². The Morgan fingerprint density at radius 1 is 1.64 bits per heavy atom. The Hall–Kier alpha value is -0.960. The molecule has 0 fully saturated rings. The summed E-state index contributed by atoms with van der Waals surface area (Å²) < 4.78 is 4.82. The first-order valence-corrected chi connectivity index (χ1v) is 4.99. The van der Waals surface area contributed by atoms with Crippen molar-refractivity contribution in [2.75, 3.05) is 5.88 Å². The molecule has 4 heteroatoms. The second-order valence-corrected chi connectivity index (χ2v) is 4.17. The van der Waals surface area contributed by atoms with Gasteiger partial charge in [-0.25, -0.2) is 0 Å². The second kappa shape index (κ2) is 4.51. The summed E-state index contributed by atoms with van der Waals surface area (Å²) in [5.41, 5.74) is 0.253. The van der Waals surface area contributed by atoms with Crippen molar-refractivity contribution in [2.24, 2.45) is 0 Å². The predicted molar refractivity (Wildman–Crippen MR) is 55.6 cm³/mol. The number of carbonyl (C=O) groups excluding carboxylic acids is 1. The number of nitrogens with one attached hydrogen (secondary N) is 1. The lowest BCUT2D eigenvalue weighted by Gasteiger charge is -2.24. The summed E-state index contributed by atoms with van der Waals surface area (Å²) in [6.45, 7) is 3.88. The molecule has 0 aliphatic carbocycles. The first-order chi connectivity index (χ1) is 6.55. The maximum Gasteiger partial charge on any atom is 0.254 e. The summed E-state index contributed by atoms with van der Waals surface area (Å²) in [7, 11) is 0. The van der Waals surface area contributed by atoms with Gasteiger partial charge in [0, 0.05) is 11.4 Å². The van der Waals surface area contributed by atoms with E-state index >= 15 is 0 Å². The smallest absolute Gasteiger partial charge is 0.254 e. The lowest BCUT2D eigenvalue weighted by atomic mass is 10.0. The molecule has 0 aromatic carbocycles. The standard InChI is InChI=1S/C10H14ClNO2/c1-10(2,4-5-11)12-9(13)8-3-6-14-7-8/h3,6-7H,4-5H2,1-2H3,(H,12,13). The monoisotopic (exact) mass is 215 g/mol. The summed E-state index contributed by atoms with van der Waals surface area (Å²) in [5, 5.41) is 2.88. The van der Waals surface area contributed by atoms with Crippen LogP contribution in [0.25, 0.3) is 0 Å². The van der Waals surface area contributed by atoms with Gasteiger partial charge in [0.25, 0.3) is 5.91 Å². The van der Waals surface area contributed by atoms with E-state index in [-0.39, 0.29) is 11.4 Å². The topological polar surface area (TPSA) is 42.2 Å². The van der Waals surface area contributed by atoms with Crippen LogP contribution in [0, 0.1) is 0 Å². The van der Waals surface area contributed by atoms with Crippen LogP contribution in [0.2, 0.25) is 0 Å². The van der Waals surface area contributed by atoms with E-state index in [2.05, 4.69) is 5.32 Å². The summed E-state index contributed by atoms with van der Waals surface area (Å²) in [6.07, 6.45) is 3.63. The molecule has 0 spiro atoms. The lowest BCUT2D eigenvalue weighted by Crippen LogP contribution is -2.43. The summed E-state index contributed by atoms with van der Waals surface area (Å²) >= 11 is 5.62. The number of halogens is 1. The number of amides is 1. The number of carbonyl (C=O) groups is 1. The highest BCUT2D eigenvalue weighted by atomic mass is 35.5. The zero-order valence-electron chi connectivity index (χ0n) is 8.34. The predicted octanol–water partition coefficient (Wildman–Crippen LogP) is 2.42. The van der Waals surface area contributed by atoms with Gasteiger partial charge in [-0.3, -0.25) is 4.79 Å². The summed E-state index contributed by atoms with van der Waals surface area (Å²) in [6, 6.07) is 1.63. The highest BCUT2D eigenvalue weighted by molar-refractivity contribution is 6.17. The van der Waals surface area contributed by atoms with Gasteiger partial charge in [-0.2, -0.15) is 0 Å². The molecule has 0 saturated carbocycles. The molecule has 0 atom stereocenters. The second-order valence-electron chi connectivity index (χ2n) is 3.79. The molecule has 14 heavy (non-hydrogen) atoms. The first-order valence-electron chi connectivity index (χ1n) is 4.46. The summed E-state index contributed by atoms with van der Waals surface area (Å²) in [4.78, 5) is 11.6. The van der Waals surface area contributed by atoms with Gasteiger partial charge in [-0.05, 0) is 26.3 Å². The van der Waals surface area contributed by atoms with Crippen molar-refractivity contribution in [1.29, 1.82) is 0 Å². The van der Waals surface area contributed by atoms with Gasteiger partial charge in [0.05, 0.1) is 11.8 Å². The minimum absolute atomic E-state index is 0.131. The molecule has 1 amide bonds. The molecular weight excluding hydrogens is 202 g/mol. The SMILES string of the molecule is CC(C)(CCCl)NC(=O)c1ccoc1. The molecule has 0 aliphatic heterocycles. The van der Waals surface area contributed by atoms with Gasteiger partial charge < -0.3 is 9.73 Å². The van der Waals surface area contributed by atoms with Gasteiger partial charge in [-0.15, -0.1) is 11.6 Å². The van der Waals surface area contributed by atoms with Crippen molar-refractivity contribution in [1.82, 2.24) is 5.32 Å². The van der Waals surface area contributed by atoms with E-state index < -0.39 is 0 Å². The molecule has 0 radical (unpaired) electrons. The van der Waals surface area contributed by atoms with Crippen molar-refractivity contribution in [3.63, 3.8) is 0 Å². The molecule has 1 heterocycles. The van der Waals surface area contributed by atoms with Crippen molar-refractivity contribution in [2.45, 2.75) is 25.8 Å². The highest BCUT2D eigenvalue weighted by Gasteiger charge is 2.20. The Labute approximate surface area is 88.4 Å². The van der Waals surface area contributed by atoms with Crippen LogP contribution in [0.15, 0.2) is 23.0 Å². The van der Waals surface area contributed by atoms with Crippen molar-refractivity contribution in [3.8, 4) is 0 Å². The van der Waals surface area contributed by atoms with E-state index in [4.69, 9.17) is 16.0 Å². The van der Waals surface area contributed by atoms with Crippen LogP contribution in [-0.4, -0.2) is 17.3 Å². The molecule has 0 aliphatic rings. The highest BCUT2D eigenvalue weighted by Crippen LogP contribution is 2.11. The number of rotatable bonds is 4. The zero-order valence-corrected chi connectivity index (χ0v) is 9.10. The Balaban J connectivity index is 2.57. The average molecular weight is 216 g/mol. The average Bonchev–Trinajstić information content (AvgIpc) is 2.53. The van der Waals surface area contributed by atoms with Gasteiger partial charge in [0.1, 0.15) is 6.26 Å². The van der Waals surface area contributed by atoms with E-state index in [9.17, 15) is 4.79 Å². The first kappa shape index (κ1) is 11.1. The molecule has 0 bridgehead atoms. The number of alkyl halides is 1. The van der Waals surface area contributed by atoms with Crippen LogP contribution in [-0.2, 0) is 0 Å². The quantitative estimate of drug-likeness (QED) is 0.784. The van der Waals surface area contributed by atoms with E-state index in [0.29, 0.717) is 11.4 Å². The normalized spacial score (nSPS) is 11.4. The van der Waals surface area contributed by atoms with Gasteiger partial charge in [0.2, 0.25) is 0 Å². The Kier molecular flexibility index (Phi) is 3.58. The van der Waals surface area contributed by atoms with Crippen LogP contribution in [0.5, 0.6) is 0 Å². The number of hydrogen-bond donors (Lipinski definition) is 1. The molecule has 3 nitrogen and oxygen atoms in total. The molecule has 1 rings (SSSR count). The molecular formula is C10H14ClNO2. The van der Waals surface area contributed by atoms with E-state index in [0.717, 1.165) is 6.42 Å². The molecule has 0 unspecified atom stereocenters. The maximum absolute atomic E-state index is 11.6. The minimum atomic E-state index is -0.282. The largest absolute Gasteiger partial charge is 0.472 e. The molecule has 1 aromatic rings. The molecule has 1 aromatic heterocycles.